The maximum atomic E-state index is 13.3. The summed E-state index contributed by atoms with van der Waals surface area (Å²) < 4.78 is 20.4. The number of ether oxygens (including phenoxy) is 1. The molecule has 0 aliphatic rings. The Morgan fingerprint density at radius 3 is 2.41 bits per heavy atom. The number of nitrogens with zero attached hydrogens (tertiary/aromatic N) is 3. The Morgan fingerprint density at radius 2 is 1.81 bits per heavy atom. The van der Waals surface area contributed by atoms with Crippen LogP contribution in [0.25, 0.3) is 0 Å². The minimum atomic E-state index is -0.338. The third-order valence-electron chi connectivity index (χ3n) is 5.15. The van der Waals surface area contributed by atoms with Crippen LogP contribution in [-0.4, -0.2) is 35.3 Å². The van der Waals surface area contributed by atoms with Gasteiger partial charge >= 0.3 is 0 Å². The summed E-state index contributed by atoms with van der Waals surface area (Å²) in [6.07, 6.45) is 0.685. The van der Waals surface area contributed by atoms with Crippen LogP contribution in [0.5, 0.6) is 5.75 Å². The van der Waals surface area contributed by atoms with Gasteiger partial charge in [-0.05, 0) is 81.3 Å². The Labute approximate surface area is 187 Å². The van der Waals surface area contributed by atoms with Crippen LogP contribution >= 0.6 is 0 Å². The quantitative estimate of drug-likeness (QED) is 0.431. The van der Waals surface area contributed by atoms with Gasteiger partial charge in [0.25, 0.3) is 5.91 Å². The number of halogens is 1. The van der Waals surface area contributed by atoms with E-state index < -0.39 is 0 Å². The van der Waals surface area contributed by atoms with Crippen molar-refractivity contribution < 1.29 is 13.9 Å². The van der Waals surface area contributed by atoms with Crippen molar-refractivity contribution in [1.29, 1.82) is 0 Å². The van der Waals surface area contributed by atoms with Gasteiger partial charge in [-0.3, -0.25) is 19.8 Å². The van der Waals surface area contributed by atoms with Gasteiger partial charge in [-0.25, -0.2) is 4.39 Å². The maximum absolute atomic E-state index is 13.3. The number of carbonyl (C=O) groups excluding carboxylic acids is 1. The zero-order valence-electron chi connectivity index (χ0n) is 18.8. The van der Waals surface area contributed by atoms with Gasteiger partial charge in [0.2, 0.25) is 5.96 Å². The highest BCUT2D eigenvalue weighted by atomic mass is 19.1. The summed E-state index contributed by atoms with van der Waals surface area (Å²) >= 11 is 0. The standard InChI is InChI=1S/C24H28FN5O2/c1-5-30-17(3)22(16(2)29-30)14-15-26-24(27-20-10-8-19(25)9-11-20)28-23(31)18-6-12-21(32-4)13-7-18/h6-13H,5,14-15H2,1-4H3,(H2,26,27,28,31). The number of rotatable bonds is 7. The summed E-state index contributed by atoms with van der Waals surface area (Å²) in [5.41, 5.74) is 4.34. The highest BCUT2D eigenvalue weighted by Gasteiger charge is 2.12. The van der Waals surface area contributed by atoms with Crippen LogP contribution in [0.4, 0.5) is 10.1 Å². The number of nitrogens with one attached hydrogen (secondary N) is 2. The van der Waals surface area contributed by atoms with E-state index in [9.17, 15) is 9.18 Å². The van der Waals surface area contributed by atoms with Crippen LogP contribution in [0, 0.1) is 19.7 Å². The number of aromatic nitrogens is 2. The van der Waals surface area contributed by atoms with Crippen molar-refractivity contribution in [2.24, 2.45) is 4.99 Å². The van der Waals surface area contributed by atoms with Gasteiger partial charge in [0.15, 0.2) is 0 Å². The third-order valence-corrected chi connectivity index (χ3v) is 5.15. The molecule has 2 aromatic carbocycles. The van der Waals surface area contributed by atoms with Crippen molar-refractivity contribution in [3.8, 4) is 5.75 Å². The lowest BCUT2D eigenvalue weighted by Crippen LogP contribution is -2.36. The average Bonchev–Trinajstić information content (AvgIpc) is 3.08. The number of benzene rings is 2. The summed E-state index contributed by atoms with van der Waals surface area (Å²) in [5.74, 6) is 0.302. The smallest absolute Gasteiger partial charge is 0.257 e. The highest BCUT2D eigenvalue weighted by molar-refractivity contribution is 6.10. The van der Waals surface area contributed by atoms with Gasteiger partial charge < -0.3 is 10.1 Å². The second kappa shape index (κ2) is 10.6. The molecule has 0 aliphatic carbocycles. The molecule has 0 fully saturated rings. The predicted octanol–water partition coefficient (Wildman–Crippen LogP) is 4.11. The molecule has 3 aromatic rings. The van der Waals surface area contributed by atoms with E-state index >= 15 is 0 Å². The number of amides is 1. The topological polar surface area (TPSA) is 80.5 Å². The summed E-state index contributed by atoms with van der Waals surface area (Å²) in [5, 5.41) is 10.4. The average molecular weight is 438 g/mol. The van der Waals surface area contributed by atoms with E-state index in [1.165, 1.54) is 12.1 Å². The first-order chi connectivity index (χ1) is 15.4. The number of hydrogen-bond donors (Lipinski definition) is 2. The van der Waals surface area contributed by atoms with Gasteiger partial charge in [-0.1, -0.05) is 0 Å². The van der Waals surface area contributed by atoms with E-state index in [1.807, 2.05) is 18.5 Å². The molecule has 0 saturated heterocycles. The molecule has 0 unspecified atom stereocenters. The largest absolute Gasteiger partial charge is 0.497 e. The van der Waals surface area contributed by atoms with Crippen molar-refractivity contribution in [2.45, 2.75) is 33.7 Å². The predicted molar refractivity (Wildman–Crippen MR) is 124 cm³/mol. The number of anilines is 1. The number of guanidine groups is 1. The first kappa shape index (κ1) is 23.0. The summed E-state index contributed by atoms with van der Waals surface area (Å²) in [7, 11) is 1.57. The van der Waals surface area contributed by atoms with E-state index in [4.69, 9.17) is 4.74 Å². The number of carbonyl (C=O) groups is 1. The third kappa shape index (κ3) is 5.72. The molecule has 1 aromatic heterocycles. The van der Waals surface area contributed by atoms with Gasteiger partial charge in [0.05, 0.1) is 12.8 Å². The van der Waals surface area contributed by atoms with Crippen molar-refractivity contribution >= 4 is 17.6 Å². The molecular weight excluding hydrogens is 409 g/mol. The lowest BCUT2D eigenvalue weighted by molar-refractivity contribution is 0.0977. The Kier molecular flexibility index (Phi) is 7.59. The van der Waals surface area contributed by atoms with Gasteiger partial charge in [-0.15, -0.1) is 0 Å². The molecule has 2 N–H and O–H groups in total. The van der Waals surface area contributed by atoms with Crippen molar-refractivity contribution in [1.82, 2.24) is 15.1 Å². The monoisotopic (exact) mass is 437 g/mol. The van der Waals surface area contributed by atoms with Crippen molar-refractivity contribution in [3.63, 3.8) is 0 Å². The van der Waals surface area contributed by atoms with Crippen LogP contribution in [0.2, 0.25) is 0 Å². The number of aryl methyl sites for hydroxylation is 2. The van der Waals surface area contributed by atoms with E-state index in [0.29, 0.717) is 30.0 Å². The van der Waals surface area contributed by atoms with Crippen LogP contribution in [0.1, 0.15) is 34.2 Å². The maximum Gasteiger partial charge on any atom is 0.257 e. The summed E-state index contributed by atoms with van der Waals surface area (Å²) in [4.78, 5) is 17.3. The molecule has 0 bridgehead atoms. The van der Waals surface area contributed by atoms with Crippen LogP contribution in [0.15, 0.2) is 53.5 Å². The minimum absolute atomic E-state index is 0.288. The van der Waals surface area contributed by atoms with Crippen molar-refractivity contribution in [3.05, 3.63) is 76.9 Å². The molecule has 0 atom stereocenters. The molecule has 0 saturated carbocycles. The number of aliphatic imine (C=N–C) groups is 1. The van der Waals surface area contributed by atoms with Gasteiger partial charge in [0, 0.05) is 30.0 Å². The molecule has 32 heavy (non-hydrogen) atoms. The van der Waals surface area contributed by atoms with Gasteiger partial charge in [-0.2, -0.15) is 5.10 Å². The molecule has 8 heteroatoms. The Hall–Kier alpha value is -3.68. The number of hydrogen-bond acceptors (Lipinski definition) is 4. The molecule has 0 spiro atoms. The summed E-state index contributed by atoms with van der Waals surface area (Å²) in [6.45, 7) is 7.35. The highest BCUT2D eigenvalue weighted by Crippen LogP contribution is 2.15. The lowest BCUT2D eigenvalue weighted by Gasteiger charge is -2.12. The summed E-state index contributed by atoms with van der Waals surface area (Å²) in [6, 6.07) is 12.7. The molecule has 0 radical (unpaired) electrons. The molecule has 1 heterocycles. The fourth-order valence-electron chi connectivity index (χ4n) is 3.39. The zero-order chi connectivity index (χ0) is 23.1. The van der Waals surface area contributed by atoms with Crippen molar-refractivity contribution in [2.75, 3.05) is 19.0 Å². The Balaban J connectivity index is 1.77. The Bertz CT molecular complexity index is 1090. The molecule has 168 valence electrons. The lowest BCUT2D eigenvalue weighted by atomic mass is 10.1. The Morgan fingerprint density at radius 1 is 1.12 bits per heavy atom. The molecule has 0 aliphatic heterocycles. The fraction of sp³-hybridized carbons (Fsp3) is 0.292. The van der Waals surface area contributed by atoms with Crippen LogP contribution in [-0.2, 0) is 13.0 Å². The SMILES string of the molecule is CCn1nc(C)c(CCN=C(NC(=O)c2ccc(OC)cc2)Nc2ccc(F)cc2)c1C. The van der Waals surface area contributed by atoms with E-state index in [1.54, 1.807) is 43.5 Å². The first-order valence-electron chi connectivity index (χ1n) is 10.5. The van der Waals surface area contributed by atoms with Crippen LogP contribution in [0.3, 0.4) is 0 Å². The second-order valence-electron chi connectivity index (χ2n) is 7.26. The van der Waals surface area contributed by atoms with E-state index in [2.05, 4.69) is 27.6 Å². The second-order valence-corrected chi connectivity index (χ2v) is 7.26. The number of methoxy groups -OCH3 is 1. The molecular formula is C24H28FN5O2. The van der Waals surface area contributed by atoms with E-state index in [-0.39, 0.29) is 17.7 Å². The first-order valence-corrected chi connectivity index (χ1v) is 10.5. The fourth-order valence-corrected chi connectivity index (χ4v) is 3.39. The van der Waals surface area contributed by atoms with Gasteiger partial charge in [0.1, 0.15) is 11.6 Å². The molecule has 3 rings (SSSR count). The minimum Gasteiger partial charge on any atom is -0.497 e. The normalized spacial score (nSPS) is 11.3. The molecule has 1 amide bonds. The van der Waals surface area contributed by atoms with Crippen LogP contribution < -0.4 is 15.4 Å². The molecule has 7 nitrogen and oxygen atoms in total. The zero-order valence-corrected chi connectivity index (χ0v) is 18.8. The van der Waals surface area contributed by atoms with E-state index in [0.717, 1.165) is 23.5 Å².